The van der Waals surface area contributed by atoms with Crippen molar-refractivity contribution in [3.63, 3.8) is 0 Å². The first-order valence-corrected chi connectivity index (χ1v) is 8.17. The maximum absolute atomic E-state index is 12.2. The van der Waals surface area contributed by atoms with Gasteiger partial charge in [0.15, 0.2) is 11.5 Å². The molecule has 0 radical (unpaired) electrons. The number of aromatic nitrogens is 1. The number of nitrogens with zero attached hydrogens (tertiary/aromatic N) is 1. The van der Waals surface area contributed by atoms with Crippen LogP contribution in [-0.2, 0) is 4.74 Å². The molecule has 0 saturated carbocycles. The average molecular weight is 444 g/mol. The van der Waals surface area contributed by atoms with E-state index < -0.39 is 12.2 Å². The minimum atomic E-state index is -0.651. The molecule has 0 unspecified atom stereocenters. The number of carbonyl (C=O) groups excluding carboxylic acids is 1. The van der Waals surface area contributed by atoms with Crippen molar-refractivity contribution >= 4 is 43.6 Å². The number of halogens is 2. The number of pyridine rings is 1. The van der Waals surface area contributed by atoms with Gasteiger partial charge in [-0.2, -0.15) is 0 Å². The van der Waals surface area contributed by atoms with E-state index in [1.165, 1.54) is 14.2 Å². The number of esters is 1. The summed E-state index contributed by atoms with van der Waals surface area (Å²) in [6, 6.07) is 5.35. The first kappa shape index (κ1) is 16.1. The fourth-order valence-electron chi connectivity index (χ4n) is 2.35. The molecule has 23 heavy (non-hydrogen) atoms. The summed E-state index contributed by atoms with van der Waals surface area (Å²) in [6.07, 6.45) is 1.00. The highest BCUT2D eigenvalue weighted by molar-refractivity contribution is 9.11. The van der Waals surface area contributed by atoms with E-state index in [-0.39, 0.29) is 0 Å². The van der Waals surface area contributed by atoms with Crippen molar-refractivity contribution in [3.8, 4) is 11.5 Å². The standard InChI is InChI=1S/C15H12Br2N2O4/c1-21-10-4-3-8-11(12(10)22-2)15(20)23-14(8)19-13-9(17)5-7(16)6-18-13/h3-6,14H,1-2H3,(H,18,19)/t14-/m0/s1. The Morgan fingerprint density at radius 2 is 2.04 bits per heavy atom. The molecule has 6 nitrogen and oxygen atoms in total. The lowest BCUT2D eigenvalue weighted by molar-refractivity contribution is 0.0434. The van der Waals surface area contributed by atoms with Crippen LogP contribution < -0.4 is 14.8 Å². The smallest absolute Gasteiger partial charge is 0.344 e. The first-order valence-electron chi connectivity index (χ1n) is 6.58. The minimum Gasteiger partial charge on any atom is -0.493 e. The monoisotopic (exact) mass is 442 g/mol. The second-order valence-corrected chi connectivity index (χ2v) is 6.45. The van der Waals surface area contributed by atoms with Gasteiger partial charge in [-0.3, -0.25) is 0 Å². The molecule has 1 aromatic heterocycles. The van der Waals surface area contributed by atoms with Crippen LogP contribution in [0.2, 0.25) is 0 Å². The summed E-state index contributed by atoms with van der Waals surface area (Å²) in [4.78, 5) is 16.5. The van der Waals surface area contributed by atoms with Gasteiger partial charge in [0.05, 0.1) is 18.7 Å². The second-order valence-electron chi connectivity index (χ2n) is 4.68. The van der Waals surface area contributed by atoms with Crippen molar-refractivity contribution in [2.75, 3.05) is 19.5 Å². The molecule has 8 heteroatoms. The highest BCUT2D eigenvalue weighted by Crippen LogP contribution is 2.42. The highest BCUT2D eigenvalue weighted by atomic mass is 79.9. The molecule has 0 aliphatic carbocycles. The van der Waals surface area contributed by atoms with Gasteiger partial charge in [-0.05, 0) is 50.1 Å². The third-order valence-corrected chi connectivity index (χ3v) is 4.40. The Balaban J connectivity index is 1.99. The molecule has 1 N–H and O–H groups in total. The van der Waals surface area contributed by atoms with Crippen LogP contribution >= 0.6 is 31.9 Å². The van der Waals surface area contributed by atoms with E-state index in [1.54, 1.807) is 18.3 Å². The van der Waals surface area contributed by atoms with E-state index in [0.717, 1.165) is 8.95 Å². The summed E-state index contributed by atoms with van der Waals surface area (Å²) >= 11 is 6.76. The minimum absolute atomic E-state index is 0.359. The number of methoxy groups -OCH3 is 2. The highest BCUT2D eigenvalue weighted by Gasteiger charge is 2.36. The van der Waals surface area contributed by atoms with Crippen LogP contribution in [0.1, 0.15) is 22.1 Å². The maximum Gasteiger partial charge on any atom is 0.344 e. The number of anilines is 1. The Hall–Kier alpha value is -1.80. The van der Waals surface area contributed by atoms with Crippen molar-refractivity contribution in [2.24, 2.45) is 0 Å². The van der Waals surface area contributed by atoms with Crippen molar-refractivity contribution < 1.29 is 19.0 Å². The Kier molecular flexibility index (Phi) is 4.45. The summed E-state index contributed by atoms with van der Waals surface area (Å²) in [7, 11) is 3.00. The van der Waals surface area contributed by atoms with Gasteiger partial charge in [0.1, 0.15) is 11.4 Å². The number of nitrogens with one attached hydrogen (secondary N) is 1. The fraction of sp³-hybridized carbons (Fsp3) is 0.200. The van der Waals surface area contributed by atoms with Gasteiger partial charge in [-0.15, -0.1) is 0 Å². The Morgan fingerprint density at radius 1 is 1.26 bits per heavy atom. The SMILES string of the molecule is COc1ccc2c(c1OC)C(=O)O[C@@H]2Nc1ncc(Br)cc1Br. The molecule has 1 aliphatic heterocycles. The largest absolute Gasteiger partial charge is 0.493 e. The Labute approximate surface area is 149 Å². The number of rotatable bonds is 4. The van der Waals surface area contributed by atoms with Crippen LogP contribution in [-0.4, -0.2) is 25.2 Å². The normalized spacial score (nSPS) is 15.8. The average Bonchev–Trinajstić information content (AvgIpc) is 2.85. The molecule has 1 atom stereocenters. The van der Waals surface area contributed by atoms with E-state index in [1.807, 2.05) is 6.07 Å². The molecular weight excluding hydrogens is 432 g/mol. The van der Waals surface area contributed by atoms with Gasteiger partial charge < -0.3 is 19.5 Å². The van der Waals surface area contributed by atoms with Crippen molar-refractivity contribution in [1.29, 1.82) is 0 Å². The molecule has 2 aromatic rings. The second kappa shape index (κ2) is 6.37. The molecular formula is C15H12Br2N2O4. The molecule has 1 aromatic carbocycles. The van der Waals surface area contributed by atoms with Crippen LogP contribution in [0.4, 0.5) is 5.82 Å². The molecule has 1 aliphatic rings. The molecule has 0 fully saturated rings. The summed E-state index contributed by atoms with van der Waals surface area (Å²) in [5, 5.41) is 3.09. The van der Waals surface area contributed by atoms with Crippen molar-refractivity contribution in [2.45, 2.75) is 6.23 Å². The van der Waals surface area contributed by atoms with E-state index >= 15 is 0 Å². The van der Waals surface area contributed by atoms with Gasteiger partial charge >= 0.3 is 5.97 Å². The van der Waals surface area contributed by atoms with Gasteiger partial charge in [-0.25, -0.2) is 9.78 Å². The van der Waals surface area contributed by atoms with Gasteiger partial charge in [0.25, 0.3) is 0 Å². The molecule has 120 valence electrons. The summed E-state index contributed by atoms with van der Waals surface area (Å²) in [6.45, 7) is 0. The lowest BCUT2D eigenvalue weighted by Crippen LogP contribution is -2.11. The van der Waals surface area contributed by atoms with Crippen molar-refractivity contribution in [1.82, 2.24) is 4.98 Å². The lowest BCUT2D eigenvalue weighted by atomic mass is 10.1. The molecule has 2 heterocycles. The van der Waals surface area contributed by atoms with E-state index in [0.29, 0.717) is 28.4 Å². The number of hydrogen-bond acceptors (Lipinski definition) is 6. The molecule has 3 rings (SSSR count). The number of ether oxygens (including phenoxy) is 3. The lowest BCUT2D eigenvalue weighted by Gasteiger charge is -2.15. The van der Waals surface area contributed by atoms with Crippen molar-refractivity contribution in [3.05, 3.63) is 44.5 Å². The Morgan fingerprint density at radius 3 is 2.70 bits per heavy atom. The fourth-order valence-corrected chi connectivity index (χ4v) is 3.45. The predicted octanol–water partition coefficient (Wildman–Crippen LogP) is 3.90. The van der Waals surface area contributed by atoms with Crippen LogP contribution in [0.25, 0.3) is 0 Å². The molecule has 0 spiro atoms. The Bertz CT molecular complexity index is 782. The zero-order valence-electron chi connectivity index (χ0n) is 12.2. The van der Waals surface area contributed by atoms with Gasteiger partial charge in [-0.1, -0.05) is 0 Å². The zero-order chi connectivity index (χ0) is 16.6. The van der Waals surface area contributed by atoms with Gasteiger partial charge in [0, 0.05) is 16.2 Å². The number of benzene rings is 1. The summed E-state index contributed by atoms with van der Waals surface area (Å²) in [5.74, 6) is 0.934. The summed E-state index contributed by atoms with van der Waals surface area (Å²) in [5.41, 5.74) is 1.03. The predicted molar refractivity (Wildman–Crippen MR) is 91.0 cm³/mol. The molecule has 0 bridgehead atoms. The quantitative estimate of drug-likeness (QED) is 0.722. The topological polar surface area (TPSA) is 69.7 Å². The number of cyclic esters (lactones) is 1. The molecule has 0 saturated heterocycles. The number of hydrogen-bond donors (Lipinski definition) is 1. The third-order valence-electron chi connectivity index (χ3n) is 3.36. The number of fused-ring (bicyclic) bond motifs is 1. The third kappa shape index (κ3) is 2.88. The van der Waals surface area contributed by atoms with Gasteiger partial charge in [0.2, 0.25) is 6.23 Å². The molecule has 0 amide bonds. The van der Waals surface area contributed by atoms with Crippen LogP contribution in [0, 0.1) is 0 Å². The van der Waals surface area contributed by atoms with E-state index in [4.69, 9.17) is 14.2 Å². The number of carbonyl (C=O) groups is 1. The van der Waals surface area contributed by atoms with Crippen LogP contribution in [0.15, 0.2) is 33.3 Å². The first-order chi connectivity index (χ1) is 11.0. The van der Waals surface area contributed by atoms with Crippen LogP contribution in [0.3, 0.4) is 0 Å². The van der Waals surface area contributed by atoms with E-state index in [9.17, 15) is 4.79 Å². The van der Waals surface area contributed by atoms with Crippen LogP contribution in [0.5, 0.6) is 11.5 Å². The summed E-state index contributed by atoms with van der Waals surface area (Å²) < 4.78 is 17.5. The maximum atomic E-state index is 12.2. The van der Waals surface area contributed by atoms with E-state index in [2.05, 4.69) is 42.2 Å². The zero-order valence-corrected chi connectivity index (χ0v) is 15.4.